The topological polar surface area (TPSA) is 49.4 Å². The van der Waals surface area contributed by atoms with Crippen LogP contribution in [0.4, 0.5) is 0 Å². The number of nitrogens with one attached hydrogen (secondary N) is 1. The van der Waals surface area contributed by atoms with E-state index in [1.54, 1.807) is 29.2 Å². The van der Waals surface area contributed by atoms with Gasteiger partial charge in [0.25, 0.3) is 0 Å². The largest absolute Gasteiger partial charge is 0.352 e. The van der Waals surface area contributed by atoms with Crippen molar-refractivity contribution in [2.45, 2.75) is 51.6 Å². The van der Waals surface area contributed by atoms with Crippen LogP contribution in [-0.2, 0) is 21.9 Å². The molecule has 2 aromatic carbocycles. The fourth-order valence-electron chi connectivity index (χ4n) is 3.06. The van der Waals surface area contributed by atoms with Gasteiger partial charge in [0.05, 0.1) is 5.75 Å². The molecule has 2 amide bonds. The molecule has 0 saturated heterocycles. The zero-order chi connectivity index (χ0) is 23.0. The predicted octanol–water partition coefficient (Wildman–Crippen LogP) is 6.21. The van der Waals surface area contributed by atoms with E-state index in [4.69, 9.17) is 34.8 Å². The van der Waals surface area contributed by atoms with Crippen molar-refractivity contribution >= 4 is 58.4 Å². The minimum atomic E-state index is -0.551. The van der Waals surface area contributed by atoms with Crippen molar-refractivity contribution in [3.63, 3.8) is 0 Å². The summed E-state index contributed by atoms with van der Waals surface area (Å²) >= 11 is 19.6. The molecule has 0 radical (unpaired) electrons. The molecule has 31 heavy (non-hydrogen) atoms. The van der Waals surface area contributed by atoms with Crippen LogP contribution >= 0.6 is 46.6 Å². The first kappa shape index (κ1) is 25.9. The van der Waals surface area contributed by atoms with Gasteiger partial charge in [-0.25, -0.2) is 0 Å². The van der Waals surface area contributed by atoms with Crippen molar-refractivity contribution in [2.24, 2.45) is 0 Å². The average molecular weight is 502 g/mol. The maximum atomic E-state index is 13.2. The number of nitrogens with zero attached hydrogens (tertiary/aromatic N) is 1. The molecule has 8 heteroatoms. The third kappa shape index (κ3) is 8.23. The van der Waals surface area contributed by atoms with Crippen LogP contribution < -0.4 is 5.32 Å². The van der Waals surface area contributed by atoms with E-state index in [9.17, 15) is 9.59 Å². The summed E-state index contributed by atoms with van der Waals surface area (Å²) in [5, 5.41) is 4.71. The van der Waals surface area contributed by atoms with Gasteiger partial charge in [-0.3, -0.25) is 9.59 Å². The summed E-state index contributed by atoms with van der Waals surface area (Å²) in [4.78, 5) is 27.6. The van der Waals surface area contributed by atoms with Gasteiger partial charge in [0.15, 0.2) is 0 Å². The monoisotopic (exact) mass is 500 g/mol. The lowest BCUT2D eigenvalue weighted by Crippen LogP contribution is -2.50. The molecule has 0 aliphatic heterocycles. The molecule has 0 saturated carbocycles. The van der Waals surface area contributed by atoms with E-state index in [1.807, 2.05) is 39.0 Å². The number of carbonyl (C=O) groups is 2. The molecule has 4 nitrogen and oxygen atoms in total. The molecule has 0 aliphatic rings. The normalized spacial score (nSPS) is 12.0. The SMILES string of the molecule is CCC(C(=O)NC(C)C)N(Cc1ccc(Cl)cc1)C(=O)CSCc1ccc(Cl)cc1Cl. The van der Waals surface area contributed by atoms with Gasteiger partial charge in [0.2, 0.25) is 11.8 Å². The van der Waals surface area contributed by atoms with E-state index in [2.05, 4.69) is 5.32 Å². The Morgan fingerprint density at radius 3 is 2.26 bits per heavy atom. The Hall–Kier alpha value is -1.40. The second-order valence-corrected chi connectivity index (χ2v) is 9.73. The molecule has 0 bridgehead atoms. The molecule has 2 rings (SSSR count). The standard InChI is InChI=1S/C23H27Cl3N2O2S/c1-4-21(23(30)27-15(2)3)28(12-16-5-8-18(24)9-6-16)22(29)14-31-13-17-7-10-19(25)11-20(17)26/h5-11,15,21H,4,12-14H2,1-3H3,(H,27,30). The average Bonchev–Trinajstić information content (AvgIpc) is 2.70. The molecule has 0 aliphatic carbocycles. The lowest BCUT2D eigenvalue weighted by molar-refractivity contribution is -0.139. The fraction of sp³-hybridized carbons (Fsp3) is 0.391. The van der Waals surface area contributed by atoms with E-state index in [-0.39, 0.29) is 23.6 Å². The number of rotatable bonds is 10. The molecule has 0 spiro atoms. The van der Waals surface area contributed by atoms with Crippen LogP contribution in [0.2, 0.25) is 15.1 Å². The van der Waals surface area contributed by atoms with Crippen LogP contribution in [0, 0.1) is 0 Å². The number of benzene rings is 2. The van der Waals surface area contributed by atoms with Crippen molar-refractivity contribution in [3.8, 4) is 0 Å². The van der Waals surface area contributed by atoms with Crippen molar-refractivity contribution in [2.75, 3.05) is 5.75 Å². The first-order valence-corrected chi connectivity index (χ1v) is 12.4. The van der Waals surface area contributed by atoms with Crippen molar-refractivity contribution in [1.29, 1.82) is 0 Å². The Bertz CT molecular complexity index is 891. The van der Waals surface area contributed by atoms with Gasteiger partial charge >= 0.3 is 0 Å². The smallest absolute Gasteiger partial charge is 0.243 e. The minimum Gasteiger partial charge on any atom is -0.352 e. The van der Waals surface area contributed by atoms with Gasteiger partial charge in [-0.05, 0) is 55.7 Å². The highest BCUT2D eigenvalue weighted by Crippen LogP contribution is 2.25. The van der Waals surface area contributed by atoms with Crippen molar-refractivity contribution < 1.29 is 9.59 Å². The highest BCUT2D eigenvalue weighted by Gasteiger charge is 2.28. The lowest BCUT2D eigenvalue weighted by atomic mass is 10.1. The molecule has 0 aromatic heterocycles. The summed E-state index contributed by atoms with van der Waals surface area (Å²) in [6.07, 6.45) is 0.519. The Labute approximate surface area is 203 Å². The van der Waals surface area contributed by atoms with Gasteiger partial charge < -0.3 is 10.2 Å². The molecular formula is C23H27Cl3N2O2S. The third-order valence-electron chi connectivity index (χ3n) is 4.58. The summed E-state index contributed by atoms with van der Waals surface area (Å²) in [5.41, 5.74) is 1.83. The van der Waals surface area contributed by atoms with E-state index >= 15 is 0 Å². The highest BCUT2D eigenvalue weighted by atomic mass is 35.5. The van der Waals surface area contributed by atoms with Gasteiger partial charge in [0, 0.05) is 33.4 Å². The highest BCUT2D eigenvalue weighted by molar-refractivity contribution is 7.99. The Morgan fingerprint density at radius 1 is 1.03 bits per heavy atom. The van der Waals surface area contributed by atoms with Crippen LogP contribution in [0.25, 0.3) is 0 Å². The van der Waals surface area contributed by atoms with Gasteiger partial charge in [0.1, 0.15) is 6.04 Å². The second kappa shape index (κ2) is 12.6. The van der Waals surface area contributed by atoms with Crippen LogP contribution in [0.5, 0.6) is 0 Å². The summed E-state index contributed by atoms with van der Waals surface area (Å²) in [6.45, 7) is 6.05. The Morgan fingerprint density at radius 2 is 1.68 bits per heavy atom. The molecule has 1 atom stereocenters. The Balaban J connectivity index is 2.13. The maximum absolute atomic E-state index is 13.2. The predicted molar refractivity (Wildman–Crippen MR) is 132 cm³/mol. The number of carbonyl (C=O) groups excluding carboxylic acids is 2. The molecule has 1 unspecified atom stereocenters. The van der Waals surface area contributed by atoms with Crippen molar-refractivity contribution in [3.05, 3.63) is 68.7 Å². The zero-order valence-electron chi connectivity index (χ0n) is 17.8. The zero-order valence-corrected chi connectivity index (χ0v) is 20.9. The summed E-state index contributed by atoms with van der Waals surface area (Å²) in [6, 6.07) is 12.1. The number of hydrogen-bond acceptors (Lipinski definition) is 3. The van der Waals surface area contributed by atoms with E-state index < -0.39 is 6.04 Å². The molecular weight excluding hydrogens is 475 g/mol. The van der Waals surface area contributed by atoms with Crippen LogP contribution in [-0.4, -0.2) is 34.6 Å². The third-order valence-corrected chi connectivity index (χ3v) is 6.39. The van der Waals surface area contributed by atoms with Crippen molar-refractivity contribution in [1.82, 2.24) is 10.2 Å². The first-order valence-electron chi connectivity index (χ1n) is 10.1. The number of amides is 2. The number of thioether (sulfide) groups is 1. The fourth-order valence-corrected chi connectivity index (χ4v) is 4.65. The number of halogens is 3. The minimum absolute atomic E-state index is 0.00421. The molecule has 0 fully saturated rings. The quantitative estimate of drug-likeness (QED) is 0.421. The van der Waals surface area contributed by atoms with Crippen LogP contribution in [0.1, 0.15) is 38.3 Å². The summed E-state index contributed by atoms with van der Waals surface area (Å²) < 4.78 is 0. The van der Waals surface area contributed by atoms with Gasteiger partial charge in [-0.15, -0.1) is 11.8 Å². The molecule has 168 valence electrons. The van der Waals surface area contributed by atoms with Crippen LogP contribution in [0.3, 0.4) is 0 Å². The van der Waals surface area contributed by atoms with Gasteiger partial charge in [-0.1, -0.05) is 59.9 Å². The Kier molecular flexibility index (Phi) is 10.5. The molecule has 0 heterocycles. The molecule has 1 N–H and O–H groups in total. The lowest BCUT2D eigenvalue weighted by Gasteiger charge is -2.31. The number of hydrogen-bond donors (Lipinski definition) is 1. The second-order valence-electron chi connectivity index (χ2n) is 7.46. The van der Waals surface area contributed by atoms with E-state index in [0.717, 1.165) is 11.1 Å². The van der Waals surface area contributed by atoms with Gasteiger partial charge in [-0.2, -0.15) is 0 Å². The van der Waals surface area contributed by atoms with E-state index in [1.165, 1.54) is 11.8 Å². The summed E-state index contributed by atoms with van der Waals surface area (Å²) in [5.74, 6) is 0.560. The summed E-state index contributed by atoms with van der Waals surface area (Å²) in [7, 11) is 0. The first-order chi connectivity index (χ1) is 14.7. The van der Waals surface area contributed by atoms with E-state index in [0.29, 0.717) is 33.8 Å². The van der Waals surface area contributed by atoms with Crippen LogP contribution in [0.15, 0.2) is 42.5 Å². The molecule has 2 aromatic rings. The maximum Gasteiger partial charge on any atom is 0.243 e.